The number of rotatable bonds is 6. The van der Waals surface area contributed by atoms with E-state index >= 15 is 0 Å². The van der Waals surface area contributed by atoms with Crippen molar-refractivity contribution in [3.8, 4) is 5.75 Å². The molecule has 26 heavy (non-hydrogen) atoms. The molecule has 0 saturated carbocycles. The van der Waals surface area contributed by atoms with Gasteiger partial charge in [-0.1, -0.05) is 18.2 Å². The Kier molecular flexibility index (Phi) is 4.97. The van der Waals surface area contributed by atoms with Crippen LogP contribution in [0, 0.1) is 0 Å². The minimum absolute atomic E-state index is 0.397. The second kappa shape index (κ2) is 7.70. The molecule has 0 bridgehead atoms. The number of benzene rings is 1. The van der Waals surface area contributed by atoms with Crippen molar-refractivity contribution in [1.82, 2.24) is 20.1 Å². The molecule has 5 heteroatoms. The highest BCUT2D eigenvalue weighted by atomic mass is 16.5. The highest BCUT2D eigenvalue weighted by Gasteiger charge is 2.22. The van der Waals surface area contributed by atoms with Crippen molar-refractivity contribution in [1.29, 1.82) is 0 Å². The molecular formula is C21H24N4O. The summed E-state index contributed by atoms with van der Waals surface area (Å²) in [5.74, 6) is 0.879. The van der Waals surface area contributed by atoms with Gasteiger partial charge < -0.3 is 10.1 Å². The first-order chi connectivity index (χ1) is 12.8. The summed E-state index contributed by atoms with van der Waals surface area (Å²) in [4.78, 5) is 4.10. The van der Waals surface area contributed by atoms with E-state index in [0.29, 0.717) is 12.6 Å². The molecule has 0 radical (unpaired) electrons. The summed E-state index contributed by atoms with van der Waals surface area (Å²) < 4.78 is 7.83. The topological polar surface area (TPSA) is 52.0 Å². The molecule has 134 valence electrons. The van der Waals surface area contributed by atoms with E-state index in [4.69, 9.17) is 4.74 Å². The van der Waals surface area contributed by atoms with Crippen molar-refractivity contribution in [2.24, 2.45) is 7.05 Å². The average Bonchev–Trinajstić information content (AvgIpc) is 3.08. The van der Waals surface area contributed by atoms with Crippen molar-refractivity contribution in [3.05, 3.63) is 77.4 Å². The molecule has 0 saturated heterocycles. The van der Waals surface area contributed by atoms with Crippen LogP contribution < -0.4 is 10.1 Å². The van der Waals surface area contributed by atoms with E-state index in [1.54, 1.807) is 6.20 Å². The van der Waals surface area contributed by atoms with Gasteiger partial charge in [-0.05, 0) is 43.0 Å². The molecule has 1 atom stereocenters. The van der Waals surface area contributed by atoms with Gasteiger partial charge in [0.1, 0.15) is 12.4 Å². The molecule has 0 amide bonds. The summed E-state index contributed by atoms with van der Waals surface area (Å²) in [6.07, 6.45) is 9.13. The van der Waals surface area contributed by atoms with Gasteiger partial charge in [0.2, 0.25) is 0 Å². The first-order valence-corrected chi connectivity index (χ1v) is 9.14. The molecule has 2 heterocycles. The molecule has 1 aliphatic rings. The minimum Gasteiger partial charge on any atom is -0.489 e. The maximum atomic E-state index is 5.82. The van der Waals surface area contributed by atoms with Crippen LogP contribution >= 0.6 is 0 Å². The average molecular weight is 348 g/mol. The van der Waals surface area contributed by atoms with Gasteiger partial charge in [-0.3, -0.25) is 9.67 Å². The van der Waals surface area contributed by atoms with E-state index in [1.807, 2.05) is 48.4 Å². The molecule has 0 fully saturated rings. The predicted octanol–water partition coefficient (Wildman–Crippen LogP) is 3.56. The smallest absolute Gasteiger partial charge is 0.119 e. The van der Waals surface area contributed by atoms with Crippen molar-refractivity contribution in [3.63, 3.8) is 0 Å². The first kappa shape index (κ1) is 16.8. The largest absolute Gasteiger partial charge is 0.489 e. The zero-order valence-corrected chi connectivity index (χ0v) is 15.1. The fourth-order valence-corrected chi connectivity index (χ4v) is 3.51. The van der Waals surface area contributed by atoms with Crippen molar-refractivity contribution < 1.29 is 4.74 Å². The second-order valence-corrected chi connectivity index (χ2v) is 6.79. The van der Waals surface area contributed by atoms with Gasteiger partial charge in [0.25, 0.3) is 0 Å². The Balaban J connectivity index is 1.32. The fraction of sp³-hybridized carbons (Fsp3) is 0.333. The van der Waals surface area contributed by atoms with Gasteiger partial charge in [-0.15, -0.1) is 0 Å². The highest BCUT2D eigenvalue weighted by molar-refractivity contribution is 5.29. The van der Waals surface area contributed by atoms with Crippen molar-refractivity contribution in [2.45, 2.75) is 38.5 Å². The maximum Gasteiger partial charge on any atom is 0.119 e. The molecule has 1 unspecified atom stereocenters. The third-order valence-electron chi connectivity index (χ3n) is 4.98. The zero-order chi connectivity index (χ0) is 17.8. The molecule has 2 aromatic heterocycles. The third-order valence-corrected chi connectivity index (χ3v) is 4.98. The SMILES string of the molecule is Cn1ncc2c1CCCC2NCc1ccc(OCc2cccnc2)cc1. The van der Waals surface area contributed by atoms with Crippen molar-refractivity contribution >= 4 is 0 Å². The van der Waals surface area contributed by atoms with E-state index in [2.05, 4.69) is 27.5 Å². The van der Waals surface area contributed by atoms with Crippen LogP contribution in [0.2, 0.25) is 0 Å². The van der Waals surface area contributed by atoms with Gasteiger partial charge >= 0.3 is 0 Å². The standard InChI is InChI=1S/C21H24N4O/c1-25-21-6-2-5-20(19(21)14-24-25)23-13-16-7-9-18(10-8-16)26-15-17-4-3-11-22-12-17/h3-4,7-12,14,20,23H,2,5-6,13,15H2,1H3. The Morgan fingerprint density at radius 1 is 1.15 bits per heavy atom. The maximum absolute atomic E-state index is 5.82. The summed E-state index contributed by atoms with van der Waals surface area (Å²) in [5, 5.41) is 8.10. The number of nitrogens with one attached hydrogen (secondary N) is 1. The minimum atomic E-state index is 0.397. The van der Waals surface area contributed by atoms with Crippen molar-refractivity contribution in [2.75, 3.05) is 0 Å². The van der Waals surface area contributed by atoms with Gasteiger partial charge in [-0.25, -0.2) is 0 Å². The summed E-state index contributed by atoms with van der Waals surface area (Å²) in [6, 6.07) is 12.6. The van der Waals surface area contributed by atoms with Gasteiger partial charge in [0.15, 0.2) is 0 Å². The van der Waals surface area contributed by atoms with Crippen LogP contribution in [0.15, 0.2) is 55.0 Å². The lowest BCUT2D eigenvalue weighted by atomic mass is 9.93. The number of ether oxygens (including phenoxy) is 1. The number of nitrogens with zero attached hydrogens (tertiary/aromatic N) is 3. The molecule has 1 aromatic carbocycles. The lowest BCUT2D eigenvalue weighted by molar-refractivity contribution is 0.305. The number of hydrogen-bond donors (Lipinski definition) is 1. The Labute approximate surface area is 154 Å². The summed E-state index contributed by atoms with van der Waals surface area (Å²) >= 11 is 0. The zero-order valence-electron chi connectivity index (χ0n) is 15.1. The lowest BCUT2D eigenvalue weighted by Gasteiger charge is -2.24. The number of aryl methyl sites for hydroxylation is 1. The number of aromatic nitrogens is 3. The monoisotopic (exact) mass is 348 g/mol. The Morgan fingerprint density at radius 3 is 2.85 bits per heavy atom. The van der Waals surface area contributed by atoms with Crippen LogP contribution in [-0.2, 0) is 26.6 Å². The first-order valence-electron chi connectivity index (χ1n) is 9.14. The Hall–Kier alpha value is -2.66. The summed E-state index contributed by atoms with van der Waals surface area (Å²) in [7, 11) is 2.03. The number of pyridine rings is 1. The van der Waals surface area contributed by atoms with Crippen LogP contribution in [0.1, 0.15) is 41.3 Å². The Morgan fingerprint density at radius 2 is 2.04 bits per heavy atom. The van der Waals surface area contributed by atoms with Gasteiger partial charge in [0, 0.05) is 48.8 Å². The highest BCUT2D eigenvalue weighted by Crippen LogP contribution is 2.29. The van der Waals surface area contributed by atoms with Gasteiger partial charge in [-0.2, -0.15) is 5.10 Å². The molecule has 3 aromatic rings. The van der Waals surface area contributed by atoms with E-state index in [0.717, 1.165) is 24.3 Å². The molecule has 4 rings (SSSR count). The number of hydrogen-bond acceptors (Lipinski definition) is 4. The van der Waals surface area contributed by atoms with E-state index < -0.39 is 0 Å². The van der Waals surface area contributed by atoms with Crippen LogP contribution in [-0.4, -0.2) is 14.8 Å². The molecule has 5 nitrogen and oxygen atoms in total. The fourth-order valence-electron chi connectivity index (χ4n) is 3.51. The van der Waals surface area contributed by atoms with Gasteiger partial charge in [0.05, 0.1) is 6.20 Å². The van der Waals surface area contributed by atoms with Crippen LogP contribution in [0.25, 0.3) is 0 Å². The van der Waals surface area contributed by atoms with Crippen LogP contribution in [0.4, 0.5) is 0 Å². The molecule has 1 aliphatic carbocycles. The number of fused-ring (bicyclic) bond motifs is 1. The van der Waals surface area contributed by atoms with E-state index in [9.17, 15) is 0 Å². The quantitative estimate of drug-likeness (QED) is 0.740. The predicted molar refractivity (Wildman–Crippen MR) is 101 cm³/mol. The normalized spacial score (nSPS) is 16.3. The van der Waals surface area contributed by atoms with E-state index in [1.165, 1.54) is 29.7 Å². The summed E-state index contributed by atoms with van der Waals surface area (Å²) in [5.41, 5.74) is 5.06. The Bertz CT molecular complexity index is 842. The summed E-state index contributed by atoms with van der Waals surface area (Å²) in [6.45, 7) is 1.39. The lowest BCUT2D eigenvalue weighted by Crippen LogP contribution is -2.24. The molecule has 0 spiro atoms. The molecule has 1 N–H and O–H groups in total. The van der Waals surface area contributed by atoms with E-state index in [-0.39, 0.29) is 0 Å². The molecule has 0 aliphatic heterocycles. The third kappa shape index (κ3) is 3.78. The van der Waals surface area contributed by atoms with Crippen LogP contribution in [0.3, 0.4) is 0 Å². The molecular weight excluding hydrogens is 324 g/mol. The van der Waals surface area contributed by atoms with Crippen LogP contribution in [0.5, 0.6) is 5.75 Å². The second-order valence-electron chi connectivity index (χ2n) is 6.79.